The van der Waals surface area contributed by atoms with Crippen molar-refractivity contribution in [1.82, 2.24) is 4.98 Å². The van der Waals surface area contributed by atoms with Crippen LogP contribution in [0.4, 0.5) is 0 Å². The molecule has 0 bridgehead atoms. The summed E-state index contributed by atoms with van der Waals surface area (Å²) in [4.78, 5) is 4.43. The molecule has 0 aliphatic carbocycles. The van der Waals surface area contributed by atoms with E-state index in [1.807, 2.05) is 17.6 Å². The fraction of sp³-hybridized carbons (Fsp3) is 0.357. The number of hydrogen-bond donors (Lipinski definition) is 1. The minimum atomic E-state index is 0.101. The van der Waals surface area contributed by atoms with E-state index in [1.54, 1.807) is 11.3 Å². The maximum absolute atomic E-state index is 6.35. The van der Waals surface area contributed by atoms with Crippen molar-refractivity contribution in [1.29, 1.82) is 0 Å². The molecule has 90 valence electrons. The van der Waals surface area contributed by atoms with Crippen LogP contribution < -0.4 is 5.73 Å². The van der Waals surface area contributed by atoms with Crippen molar-refractivity contribution in [3.8, 4) is 0 Å². The lowest BCUT2D eigenvalue weighted by Crippen LogP contribution is -2.34. The summed E-state index contributed by atoms with van der Waals surface area (Å²) >= 11 is 1.68. The first kappa shape index (κ1) is 12.3. The van der Waals surface area contributed by atoms with Crippen LogP contribution in [-0.4, -0.2) is 11.0 Å². The Hall–Kier alpha value is -1.19. The Labute approximate surface area is 107 Å². The van der Waals surface area contributed by atoms with Crippen molar-refractivity contribution in [2.75, 3.05) is 0 Å². The minimum Gasteiger partial charge on any atom is -0.327 e. The van der Waals surface area contributed by atoms with Crippen LogP contribution >= 0.6 is 11.3 Å². The van der Waals surface area contributed by atoms with Gasteiger partial charge in [-0.2, -0.15) is 0 Å². The first-order valence-electron chi connectivity index (χ1n) is 5.90. The van der Waals surface area contributed by atoms with Gasteiger partial charge in [-0.1, -0.05) is 44.2 Å². The van der Waals surface area contributed by atoms with Crippen LogP contribution in [0.1, 0.15) is 30.3 Å². The lowest BCUT2D eigenvalue weighted by Gasteiger charge is -2.25. The first-order valence-corrected chi connectivity index (χ1v) is 6.78. The topological polar surface area (TPSA) is 38.9 Å². The highest BCUT2D eigenvalue weighted by atomic mass is 32.1. The molecule has 2 rings (SSSR count). The van der Waals surface area contributed by atoms with Gasteiger partial charge >= 0.3 is 0 Å². The molecule has 0 aliphatic heterocycles. The van der Waals surface area contributed by atoms with Crippen LogP contribution in [0.15, 0.2) is 41.9 Å². The number of nitrogens with two attached hydrogens (primary N) is 1. The predicted octanol–water partition coefficient (Wildman–Crippen LogP) is 3.26. The normalized spacial score (nSPS) is 14.8. The highest BCUT2D eigenvalue weighted by Crippen LogP contribution is 2.31. The smallest absolute Gasteiger partial charge is 0.102 e. The van der Waals surface area contributed by atoms with E-state index in [1.165, 1.54) is 5.56 Å². The van der Waals surface area contributed by atoms with Crippen molar-refractivity contribution < 1.29 is 0 Å². The van der Waals surface area contributed by atoms with E-state index in [9.17, 15) is 0 Å². The zero-order chi connectivity index (χ0) is 12.3. The largest absolute Gasteiger partial charge is 0.327 e. The number of nitrogens with zero attached hydrogens (tertiary/aromatic N) is 1. The summed E-state index contributed by atoms with van der Waals surface area (Å²) in [6.07, 6.45) is 1.85. The van der Waals surface area contributed by atoms with E-state index in [-0.39, 0.29) is 12.0 Å². The number of thiazole rings is 1. The molecule has 3 heteroatoms. The summed E-state index contributed by atoms with van der Waals surface area (Å²) in [6, 6.07) is 10.5. The summed E-state index contributed by atoms with van der Waals surface area (Å²) < 4.78 is 0. The summed E-state index contributed by atoms with van der Waals surface area (Å²) in [5.74, 6) is 0.639. The molecule has 0 fully saturated rings. The Balaban J connectivity index is 2.38. The predicted molar refractivity (Wildman–Crippen MR) is 73.2 cm³/mol. The maximum Gasteiger partial charge on any atom is 0.102 e. The minimum absolute atomic E-state index is 0.101. The van der Waals surface area contributed by atoms with Crippen molar-refractivity contribution in [3.05, 3.63) is 52.5 Å². The number of hydrogen-bond acceptors (Lipinski definition) is 3. The quantitative estimate of drug-likeness (QED) is 0.899. The Morgan fingerprint density at radius 1 is 1.18 bits per heavy atom. The first-order chi connectivity index (χ1) is 8.20. The lowest BCUT2D eigenvalue weighted by molar-refractivity contribution is 0.449. The average Bonchev–Trinajstić information content (AvgIpc) is 2.84. The van der Waals surface area contributed by atoms with Crippen LogP contribution in [0, 0.1) is 5.92 Å². The summed E-state index contributed by atoms with van der Waals surface area (Å²) in [5, 5.41) is 3.12. The molecule has 2 atom stereocenters. The second kappa shape index (κ2) is 5.43. The lowest BCUT2D eigenvalue weighted by atomic mass is 9.86. The van der Waals surface area contributed by atoms with Crippen LogP contribution in [0.5, 0.6) is 0 Å². The molecule has 2 nitrogen and oxygen atoms in total. The molecule has 0 saturated heterocycles. The molecule has 2 N–H and O–H groups in total. The molecule has 2 unspecified atom stereocenters. The van der Waals surface area contributed by atoms with E-state index in [2.05, 4.69) is 43.1 Å². The average molecular weight is 246 g/mol. The molecule has 0 saturated carbocycles. The van der Waals surface area contributed by atoms with Gasteiger partial charge in [0.2, 0.25) is 0 Å². The highest BCUT2D eigenvalue weighted by Gasteiger charge is 2.26. The van der Waals surface area contributed by atoms with Crippen molar-refractivity contribution in [2.45, 2.75) is 25.8 Å². The van der Waals surface area contributed by atoms with Crippen LogP contribution in [0.25, 0.3) is 0 Å². The fourth-order valence-electron chi connectivity index (χ4n) is 1.96. The second-order valence-corrected chi connectivity index (χ2v) is 5.51. The van der Waals surface area contributed by atoms with E-state index >= 15 is 0 Å². The molecule has 0 spiro atoms. The van der Waals surface area contributed by atoms with Crippen LogP contribution in [0.2, 0.25) is 0 Å². The number of benzene rings is 1. The zero-order valence-electron chi connectivity index (χ0n) is 10.2. The van der Waals surface area contributed by atoms with Crippen LogP contribution in [-0.2, 0) is 0 Å². The molecular weight excluding hydrogens is 228 g/mol. The number of aromatic nitrogens is 1. The number of rotatable bonds is 4. The fourth-order valence-corrected chi connectivity index (χ4v) is 2.79. The van der Waals surface area contributed by atoms with E-state index in [0.29, 0.717) is 5.92 Å². The van der Waals surface area contributed by atoms with Crippen molar-refractivity contribution in [2.24, 2.45) is 11.7 Å². The summed E-state index contributed by atoms with van der Waals surface area (Å²) in [6.45, 7) is 4.32. The third-order valence-electron chi connectivity index (χ3n) is 3.03. The Morgan fingerprint density at radius 3 is 2.41 bits per heavy atom. The third-order valence-corrected chi connectivity index (χ3v) is 3.89. The Kier molecular flexibility index (Phi) is 3.92. The second-order valence-electron chi connectivity index (χ2n) is 4.58. The molecule has 1 aromatic heterocycles. The molecular formula is C14H18N2S. The summed E-state index contributed by atoms with van der Waals surface area (Å²) in [7, 11) is 0. The van der Waals surface area contributed by atoms with Gasteiger partial charge in [-0.05, 0) is 11.5 Å². The zero-order valence-corrected chi connectivity index (χ0v) is 11.0. The molecule has 1 aromatic carbocycles. The van der Waals surface area contributed by atoms with Gasteiger partial charge in [0.1, 0.15) is 5.01 Å². The van der Waals surface area contributed by atoms with Gasteiger partial charge in [-0.15, -0.1) is 11.3 Å². The van der Waals surface area contributed by atoms with Crippen molar-refractivity contribution >= 4 is 11.3 Å². The highest BCUT2D eigenvalue weighted by molar-refractivity contribution is 7.09. The Morgan fingerprint density at radius 2 is 1.88 bits per heavy atom. The SMILES string of the molecule is CC(C)C(N)C(c1ccccc1)c1nccs1. The molecule has 17 heavy (non-hydrogen) atoms. The molecule has 1 heterocycles. The molecule has 2 aromatic rings. The standard InChI is InChI=1S/C14H18N2S/c1-10(2)13(15)12(14-16-8-9-17-14)11-6-4-3-5-7-11/h3-10,12-13H,15H2,1-2H3. The van der Waals surface area contributed by atoms with Gasteiger partial charge in [0.15, 0.2) is 0 Å². The third kappa shape index (κ3) is 2.73. The molecule has 0 aliphatic rings. The van der Waals surface area contributed by atoms with Gasteiger partial charge in [-0.3, -0.25) is 0 Å². The summed E-state index contributed by atoms with van der Waals surface area (Å²) in [5.41, 5.74) is 7.60. The van der Waals surface area contributed by atoms with Gasteiger partial charge < -0.3 is 5.73 Å². The maximum atomic E-state index is 6.35. The van der Waals surface area contributed by atoms with Crippen LogP contribution in [0.3, 0.4) is 0 Å². The van der Waals surface area contributed by atoms with E-state index in [0.717, 1.165) is 5.01 Å². The molecule has 0 amide bonds. The van der Waals surface area contributed by atoms with E-state index < -0.39 is 0 Å². The van der Waals surface area contributed by atoms with Gasteiger partial charge in [-0.25, -0.2) is 4.98 Å². The monoisotopic (exact) mass is 246 g/mol. The van der Waals surface area contributed by atoms with Gasteiger partial charge in [0.05, 0.1) is 5.92 Å². The molecule has 0 radical (unpaired) electrons. The van der Waals surface area contributed by atoms with E-state index in [4.69, 9.17) is 5.73 Å². The Bertz CT molecular complexity index is 437. The van der Waals surface area contributed by atoms with Crippen molar-refractivity contribution in [3.63, 3.8) is 0 Å². The van der Waals surface area contributed by atoms with Gasteiger partial charge in [0, 0.05) is 17.6 Å². The van der Waals surface area contributed by atoms with Gasteiger partial charge in [0.25, 0.3) is 0 Å².